The van der Waals surface area contributed by atoms with Gasteiger partial charge in [0.15, 0.2) is 15.5 Å². The first kappa shape index (κ1) is 18.2. The van der Waals surface area contributed by atoms with Crippen LogP contribution in [0.5, 0.6) is 0 Å². The summed E-state index contributed by atoms with van der Waals surface area (Å²) in [5.41, 5.74) is 1.83. The van der Waals surface area contributed by atoms with Crippen LogP contribution in [0.4, 0.5) is 5.69 Å². The molecule has 0 saturated carbocycles. The van der Waals surface area contributed by atoms with Crippen LogP contribution < -0.4 is 5.32 Å². The van der Waals surface area contributed by atoms with Crippen molar-refractivity contribution in [3.05, 3.63) is 66.6 Å². The van der Waals surface area contributed by atoms with E-state index < -0.39 is 15.7 Å². The second-order valence-electron chi connectivity index (χ2n) is 5.99. The summed E-state index contributed by atoms with van der Waals surface area (Å²) in [6.45, 7) is 0. The minimum Gasteiger partial charge on any atom is -0.321 e. The number of thiazole rings is 1. The van der Waals surface area contributed by atoms with Gasteiger partial charge in [-0.3, -0.25) is 4.79 Å². The van der Waals surface area contributed by atoms with Gasteiger partial charge in [-0.15, -0.1) is 11.3 Å². The molecule has 0 bridgehead atoms. The number of fused-ring (bicyclic) bond motifs is 1. The topological polar surface area (TPSA) is 102 Å². The van der Waals surface area contributed by atoms with E-state index in [9.17, 15) is 13.2 Å². The molecule has 0 fully saturated rings. The molecule has 0 aliphatic heterocycles. The van der Waals surface area contributed by atoms with E-state index in [1.165, 1.54) is 48.0 Å². The van der Waals surface area contributed by atoms with Gasteiger partial charge in [0.25, 0.3) is 5.91 Å². The maximum absolute atomic E-state index is 12.8. The molecule has 0 unspecified atom stereocenters. The van der Waals surface area contributed by atoms with Crippen LogP contribution >= 0.6 is 11.3 Å². The number of amides is 1. The van der Waals surface area contributed by atoms with Gasteiger partial charge in [0.05, 0.1) is 15.1 Å². The van der Waals surface area contributed by atoms with Crippen LogP contribution in [0.1, 0.15) is 10.5 Å². The first-order valence-corrected chi connectivity index (χ1v) is 10.9. The molecule has 1 N–H and O–H groups in total. The van der Waals surface area contributed by atoms with E-state index in [1.807, 2.05) is 24.3 Å². The molecule has 9 heteroatoms. The Kier molecular flexibility index (Phi) is 4.62. The fraction of sp³-hybridized carbons (Fsp3) is 0.0526. The predicted octanol–water partition coefficient (Wildman–Crippen LogP) is 3.41. The van der Waals surface area contributed by atoms with Gasteiger partial charge in [0.2, 0.25) is 0 Å². The lowest BCUT2D eigenvalue weighted by Crippen LogP contribution is -2.15. The smallest absolute Gasteiger partial charge is 0.276 e. The molecule has 1 amide bonds. The zero-order chi connectivity index (χ0) is 19.7. The lowest BCUT2D eigenvalue weighted by atomic mass is 10.2. The van der Waals surface area contributed by atoms with Crippen molar-refractivity contribution in [3.63, 3.8) is 0 Å². The van der Waals surface area contributed by atoms with Crippen molar-refractivity contribution in [1.82, 2.24) is 15.0 Å². The third kappa shape index (κ3) is 3.62. The fourth-order valence-corrected chi connectivity index (χ4v) is 4.20. The number of hydrogen-bond acceptors (Lipinski definition) is 7. The number of para-hydroxylation sites is 1. The maximum Gasteiger partial charge on any atom is 0.276 e. The Morgan fingerprint density at radius 3 is 2.43 bits per heavy atom. The Morgan fingerprint density at radius 2 is 1.71 bits per heavy atom. The number of sulfone groups is 1. The zero-order valence-electron chi connectivity index (χ0n) is 14.7. The van der Waals surface area contributed by atoms with Crippen molar-refractivity contribution in [3.8, 4) is 10.7 Å². The van der Waals surface area contributed by atoms with Crippen LogP contribution in [0.2, 0.25) is 0 Å². The molecular formula is C19H14N4O3S2. The van der Waals surface area contributed by atoms with Crippen LogP contribution in [0.3, 0.4) is 0 Å². The molecule has 2 aromatic carbocycles. The van der Waals surface area contributed by atoms with Gasteiger partial charge in [-0.1, -0.05) is 12.1 Å². The second-order valence-corrected chi connectivity index (χ2v) is 9.04. The van der Waals surface area contributed by atoms with Crippen molar-refractivity contribution < 1.29 is 13.2 Å². The number of rotatable bonds is 4. The van der Waals surface area contributed by atoms with E-state index in [0.717, 1.165) is 16.5 Å². The Hall–Kier alpha value is -3.17. The van der Waals surface area contributed by atoms with Gasteiger partial charge in [0, 0.05) is 24.3 Å². The van der Waals surface area contributed by atoms with Gasteiger partial charge in [-0.25, -0.2) is 23.4 Å². The van der Waals surface area contributed by atoms with Crippen LogP contribution in [0.15, 0.2) is 65.8 Å². The quantitative estimate of drug-likeness (QED) is 0.553. The largest absolute Gasteiger partial charge is 0.321 e. The van der Waals surface area contributed by atoms with Crippen LogP contribution in [0.25, 0.3) is 20.9 Å². The Balaban J connectivity index is 1.65. The van der Waals surface area contributed by atoms with E-state index in [4.69, 9.17) is 0 Å². The summed E-state index contributed by atoms with van der Waals surface area (Å²) in [6.07, 6.45) is 4.09. The molecule has 0 atom stereocenters. The number of benzene rings is 2. The van der Waals surface area contributed by atoms with Gasteiger partial charge >= 0.3 is 0 Å². The number of carbonyl (C=O) groups is 1. The van der Waals surface area contributed by atoms with Gasteiger partial charge in [-0.05, 0) is 36.4 Å². The minimum absolute atomic E-state index is 0.147. The van der Waals surface area contributed by atoms with E-state index in [1.54, 1.807) is 0 Å². The lowest BCUT2D eigenvalue weighted by molar-refractivity contribution is 0.102. The molecule has 0 aliphatic rings. The average molecular weight is 410 g/mol. The summed E-state index contributed by atoms with van der Waals surface area (Å²) in [7, 11) is -3.30. The highest BCUT2D eigenvalue weighted by Crippen LogP contribution is 2.30. The number of carbonyl (C=O) groups excluding carboxylic acids is 1. The molecule has 0 radical (unpaired) electrons. The summed E-state index contributed by atoms with van der Waals surface area (Å²) in [4.78, 5) is 25.9. The standard InChI is InChI=1S/C19H14N4O3S2/c1-28(25,26)13-8-6-12(7-9-13)22-18(24)16-17(21-11-10-20-16)19-23-14-4-2-3-5-15(14)27-19/h2-11H,1H3,(H,22,24). The SMILES string of the molecule is CS(=O)(=O)c1ccc(NC(=O)c2nccnc2-c2nc3ccccc3s2)cc1. The molecule has 0 spiro atoms. The van der Waals surface area contributed by atoms with Crippen LogP contribution in [0, 0.1) is 0 Å². The molecule has 28 heavy (non-hydrogen) atoms. The Labute approximate surface area is 165 Å². The summed E-state index contributed by atoms with van der Waals surface area (Å²) >= 11 is 1.43. The molecule has 140 valence electrons. The van der Waals surface area contributed by atoms with E-state index >= 15 is 0 Å². The molecule has 7 nitrogen and oxygen atoms in total. The first-order valence-electron chi connectivity index (χ1n) is 8.20. The summed E-state index contributed by atoms with van der Waals surface area (Å²) < 4.78 is 24.1. The maximum atomic E-state index is 12.8. The minimum atomic E-state index is -3.30. The van der Waals surface area contributed by atoms with Crippen molar-refractivity contribution in [2.45, 2.75) is 4.90 Å². The highest BCUT2D eigenvalue weighted by molar-refractivity contribution is 7.90. The Morgan fingerprint density at radius 1 is 1.00 bits per heavy atom. The molecule has 2 heterocycles. The van der Waals surface area contributed by atoms with Crippen molar-refractivity contribution in [1.29, 1.82) is 0 Å². The van der Waals surface area contributed by atoms with Gasteiger partial charge in [0.1, 0.15) is 10.7 Å². The van der Waals surface area contributed by atoms with Crippen molar-refractivity contribution >= 4 is 43.0 Å². The number of nitrogens with one attached hydrogen (secondary N) is 1. The number of aromatic nitrogens is 3. The molecular weight excluding hydrogens is 396 g/mol. The van der Waals surface area contributed by atoms with Gasteiger partial charge in [-0.2, -0.15) is 0 Å². The number of hydrogen-bond donors (Lipinski definition) is 1. The summed E-state index contributed by atoms with van der Waals surface area (Å²) in [5, 5.41) is 3.32. The molecule has 2 aromatic heterocycles. The monoisotopic (exact) mass is 410 g/mol. The number of nitrogens with zero attached hydrogens (tertiary/aromatic N) is 3. The summed E-state index contributed by atoms with van der Waals surface area (Å²) in [5.74, 6) is -0.450. The number of anilines is 1. The first-order chi connectivity index (χ1) is 13.4. The van der Waals surface area contributed by atoms with E-state index in [2.05, 4.69) is 20.3 Å². The highest BCUT2D eigenvalue weighted by Gasteiger charge is 2.19. The third-order valence-electron chi connectivity index (χ3n) is 3.95. The van der Waals surface area contributed by atoms with Gasteiger partial charge < -0.3 is 5.32 Å². The lowest BCUT2D eigenvalue weighted by Gasteiger charge is -2.07. The van der Waals surface area contributed by atoms with Crippen molar-refractivity contribution in [2.75, 3.05) is 11.6 Å². The highest BCUT2D eigenvalue weighted by atomic mass is 32.2. The van der Waals surface area contributed by atoms with E-state index in [-0.39, 0.29) is 10.6 Å². The Bertz CT molecular complexity index is 1250. The van der Waals surface area contributed by atoms with Crippen LogP contribution in [-0.4, -0.2) is 35.5 Å². The zero-order valence-corrected chi connectivity index (χ0v) is 16.3. The molecule has 0 aliphatic carbocycles. The predicted molar refractivity (Wildman–Crippen MR) is 108 cm³/mol. The molecule has 4 aromatic rings. The average Bonchev–Trinajstić information content (AvgIpc) is 3.12. The van der Waals surface area contributed by atoms with E-state index in [0.29, 0.717) is 16.4 Å². The fourth-order valence-electron chi connectivity index (χ4n) is 2.61. The molecule has 4 rings (SSSR count). The second kappa shape index (κ2) is 7.10. The normalized spacial score (nSPS) is 11.5. The van der Waals surface area contributed by atoms with Crippen molar-refractivity contribution in [2.24, 2.45) is 0 Å². The molecule has 0 saturated heterocycles. The summed E-state index contributed by atoms with van der Waals surface area (Å²) in [6, 6.07) is 13.6. The van der Waals surface area contributed by atoms with Crippen LogP contribution in [-0.2, 0) is 9.84 Å². The third-order valence-corrected chi connectivity index (χ3v) is 6.12.